The maximum Gasteiger partial charge on any atom is 0.423 e. The molecule has 3 atom stereocenters. The summed E-state index contributed by atoms with van der Waals surface area (Å²) in [6.45, 7) is 0.0520. The molecule has 10 heteroatoms. The molecule has 0 aliphatic carbocycles. The number of nitro benzene ring substituents is 1. The third-order valence-electron chi connectivity index (χ3n) is 6.21. The van der Waals surface area contributed by atoms with Crippen LogP contribution in [0.4, 0.5) is 15.3 Å². The lowest BCUT2D eigenvalue weighted by Gasteiger charge is -2.48. The summed E-state index contributed by atoms with van der Waals surface area (Å²) in [7, 11) is 0. The smallest absolute Gasteiger partial charge is 0.423 e. The zero-order valence-electron chi connectivity index (χ0n) is 19.4. The van der Waals surface area contributed by atoms with E-state index in [1.165, 1.54) is 29.2 Å². The van der Waals surface area contributed by atoms with Gasteiger partial charge in [-0.3, -0.25) is 19.8 Å². The van der Waals surface area contributed by atoms with Gasteiger partial charge in [0.15, 0.2) is 0 Å². The van der Waals surface area contributed by atoms with E-state index < -0.39 is 41.1 Å². The SMILES string of the molecule is O=C(Oc1ccccc1)N1C(=O)[C@H](C=Cc2cccc([N+](=O)[O-])c2)[C@@H]1N1C(=O)OC[C@@H]1c1ccccc1. The molecule has 3 aromatic rings. The molecule has 0 bridgehead atoms. The Labute approximate surface area is 211 Å². The standard InChI is InChI=1S/C27H21N3O7/c31-25-22(15-14-18-8-7-11-20(16-18)30(34)35)24(29(25)27(33)37-21-12-5-2-6-13-21)28-23(17-36-26(28)32)19-9-3-1-4-10-19/h1-16,22-24H,17H2/t22-,23-,24-/m1/s1. The number of β-lactam (4-membered cyclic amide) rings is 1. The highest BCUT2D eigenvalue weighted by Crippen LogP contribution is 2.40. The summed E-state index contributed by atoms with van der Waals surface area (Å²) in [6.07, 6.45) is 0.483. The lowest BCUT2D eigenvalue weighted by molar-refractivity contribution is -0.384. The van der Waals surface area contributed by atoms with E-state index in [9.17, 15) is 24.5 Å². The van der Waals surface area contributed by atoms with Gasteiger partial charge in [-0.05, 0) is 23.3 Å². The van der Waals surface area contributed by atoms with Gasteiger partial charge in [-0.25, -0.2) is 14.5 Å². The maximum atomic E-state index is 13.2. The van der Waals surface area contributed by atoms with Gasteiger partial charge in [0, 0.05) is 12.1 Å². The van der Waals surface area contributed by atoms with Crippen LogP contribution in [0.15, 0.2) is 91.0 Å². The monoisotopic (exact) mass is 499 g/mol. The van der Waals surface area contributed by atoms with Crippen LogP contribution in [0.25, 0.3) is 6.08 Å². The number of cyclic esters (lactones) is 1. The molecule has 2 saturated heterocycles. The molecule has 186 valence electrons. The summed E-state index contributed by atoms with van der Waals surface area (Å²) < 4.78 is 10.7. The first-order chi connectivity index (χ1) is 17.9. The normalized spacial score (nSPS) is 21.0. The summed E-state index contributed by atoms with van der Waals surface area (Å²) >= 11 is 0. The molecule has 0 spiro atoms. The van der Waals surface area contributed by atoms with Crippen molar-refractivity contribution in [3.05, 3.63) is 112 Å². The Morgan fingerprint density at radius 2 is 1.70 bits per heavy atom. The number of nitrogens with zero attached hydrogens (tertiary/aromatic N) is 3. The molecule has 2 aliphatic rings. The number of likely N-dealkylation sites (tertiary alicyclic amines) is 1. The largest absolute Gasteiger partial charge is 0.447 e. The van der Waals surface area contributed by atoms with Gasteiger partial charge < -0.3 is 9.47 Å². The van der Waals surface area contributed by atoms with Crippen LogP contribution in [0, 0.1) is 16.0 Å². The van der Waals surface area contributed by atoms with Gasteiger partial charge >= 0.3 is 12.2 Å². The number of hydrogen-bond donors (Lipinski definition) is 0. The van der Waals surface area contributed by atoms with Gasteiger partial charge in [0.25, 0.3) is 5.69 Å². The number of hydrogen-bond acceptors (Lipinski definition) is 7. The number of benzene rings is 3. The van der Waals surface area contributed by atoms with Gasteiger partial charge in [0.2, 0.25) is 5.91 Å². The predicted molar refractivity (Wildman–Crippen MR) is 131 cm³/mol. The second-order valence-electron chi connectivity index (χ2n) is 8.45. The summed E-state index contributed by atoms with van der Waals surface area (Å²) in [5.41, 5.74) is 1.18. The molecule has 0 unspecified atom stereocenters. The highest BCUT2D eigenvalue weighted by atomic mass is 16.6. The first kappa shape index (κ1) is 23.7. The van der Waals surface area contributed by atoms with Crippen molar-refractivity contribution >= 4 is 29.9 Å². The maximum absolute atomic E-state index is 13.2. The fourth-order valence-electron chi connectivity index (χ4n) is 4.43. The average Bonchev–Trinajstić information content (AvgIpc) is 3.28. The predicted octanol–water partition coefficient (Wildman–Crippen LogP) is 4.79. The summed E-state index contributed by atoms with van der Waals surface area (Å²) in [5, 5.41) is 11.1. The van der Waals surface area contributed by atoms with Gasteiger partial charge in [-0.1, -0.05) is 72.8 Å². The minimum absolute atomic E-state index is 0.0520. The van der Waals surface area contributed by atoms with Crippen molar-refractivity contribution in [1.82, 2.24) is 9.80 Å². The van der Waals surface area contributed by atoms with Crippen molar-refractivity contribution in [3.8, 4) is 5.75 Å². The number of carbonyl (C=O) groups is 3. The van der Waals surface area contributed by atoms with Crippen molar-refractivity contribution in [3.63, 3.8) is 0 Å². The fourth-order valence-corrected chi connectivity index (χ4v) is 4.43. The van der Waals surface area contributed by atoms with Crippen molar-refractivity contribution in [2.45, 2.75) is 12.2 Å². The van der Waals surface area contributed by atoms with E-state index in [0.717, 1.165) is 10.5 Å². The van der Waals surface area contributed by atoms with Crippen LogP contribution in [0.1, 0.15) is 17.2 Å². The minimum atomic E-state index is -1.01. The lowest BCUT2D eigenvalue weighted by Crippen LogP contribution is -2.69. The molecule has 10 nitrogen and oxygen atoms in total. The van der Waals surface area contributed by atoms with E-state index in [1.54, 1.807) is 42.5 Å². The number of carbonyl (C=O) groups excluding carboxylic acids is 3. The third kappa shape index (κ3) is 4.64. The molecular formula is C27H21N3O7. The number of non-ortho nitro benzene ring substituents is 1. The molecule has 5 rings (SSSR count). The van der Waals surface area contributed by atoms with Crippen LogP contribution in [-0.2, 0) is 9.53 Å². The molecule has 0 radical (unpaired) electrons. The van der Waals surface area contributed by atoms with Gasteiger partial charge in [0.1, 0.15) is 18.5 Å². The number of para-hydroxylation sites is 1. The number of nitro groups is 1. The van der Waals surface area contributed by atoms with Crippen LogP contribution >= 0.6 is 0 Å². The van der Waals surface area contributed by atoms with Crippen LogP contribution in [0.2, 0.25) is 0 Å². The Hall–Kier alpha value is -4.99. The molecular weight excluding hydrogens is 478 g/mol. The van der Waals surface area contributed by atoms with Gasteiger partial charge in [0.05, 0.1) is 16.9 Å². The number of ether oxygens (including phenoxy) is 2. The molecule has 2 heterocycles. The number of amides is 3. The summed E-state index contributed by atoms with van der Waals surface area (Å²) in [5.74, 6) is -1.23. The molecule has 37 heavy (non-hydrogen) atoms. The van der Waals surface area contributed by atoms with Crippen molar-refractivity contribution in [2.75, 3.05) is 6.61 Å². The summed E-state index contributed by atoms with van der Waals surface area (Å²) in [4.78, 5) is 52.0. The Bertz CT molecular complexity index is 1380. The molecule has 3 amide bonds. The van der Waals surface area contributed by atoms with Crippen LogP contribution in [0.3, 0.4) is 0 Å². The molecule has 3 aromatic carbocycles. The van der Waals surface area contributed by atoms with E-state index in [0.29, 0.717) is 5.56 Å². The summed E-state index contributed by atoms with van der Waals surface area (Å²) in [6, 6.07) is 22.8. The number of rotatable bonds is 6. The van der Waals surface area contributed by atoms with Crippen molar-refractivity contribution in [2.24, 2.45) is 5.92 Å². The fraction of sp³-hybridized carbons (Fsp3) is 0.148. The average molecular weight is 499 g/mol. The Morgan fingerprint density at radius 1 is 1.00 bits per heavy atom. The van der Waals surface area contributed by atoms with E-state index in [4.69, 9.17) is 9.47 Å². The van der Waals surface area contributed by atoms with Crippen LogP contribution in [0.5, 0.6) is 5.75 Å². The number of imide groups is 1. The van der Waals surface area contributed by atoms with Crippen molar-refractivity contribution in [1.29, 1.82) is 0 Å². The van der Waals surface area contributed by atoms with Crippen LogP contribution in [-0.4, -0.2) is 45.6 Å². The van der Waals surface area contributed by atoms with E-state index in [1.807, 2.05) is 30.3 Å². The Kier molecular flexibility index (Phi) is 6.38. The van der Waals surface area contributed by atoms with E-state index in [-0.39, 0.29) is 18.0 Å². The quantitative estimate of drug-likeness (QED) is 0.272. The third-order valence-corrected chi connectivity index (χ3v) is 6.21. The lowest BCUT2D eigenvalue weighted by atomic mass is 9.90. The zero-order valence-corrected chi connectivity index (χ0v) is 19.4. The molecule has 2 aliphatic heterocycles. The molecule has 0 N–H and O–H groups in total. The van der Waals surface area contributed by atoms with Gasteiger partial charge in [-0.15, -0.1) is 0 Å². The first-order valence-electron chi connectivity index (χ1n) is 11.5. The van der Waals surface area contributed by atoms with E-state index >= 15 is 0 Å². The highest BCUT2D eigenvalue weighted by Gasteiger charge is 2.58. The van der Waals surface area contributed by atoms with Crippen molar-refractivity contribution < 1.29 is 28.8 Å². The zero-order chi connectivity index (χ0) is 25.9. The van der Waals surface area contributed by atoms with E-state index in [2.05, 4.69) is 0 Å². The molecule has 0 saturated carbocycles. The first-order valence-corrected chi connectivity index (χ1v) is 11.5. The second kappa shape index (κ2) is 9.94. The van der Waals surface area contributed by atoms with Gasteiger partial charge in [-0.2, -0.15) is 0 Å². The van der Waals surface area contributed by atoms with Crippen LogP contribution < -0.4 is 4.74 Å². The Morgan fingerprint density at radius 3 is 2.41 bits per heavy atom. The highest BCUT2D eigenvalue weighted by molar-refractivity contribution is 6.02. The Balaban J connectivity index is 1.47. The topological polar surface area (TPSA) is 119 Å². The molecule has 2 fully saturated rings. The second-order valence-corrected chi connectivity index (χ2v) is 8.45. The minimum Gasteiger partial charge on any atom is -0.447 e. The molecule has 0 aromatic heterocycles.